The topological polar surface area (TPSA) is 139 Å². The molecule has 32 heavy (non-hydrogen) atoms. The number of amides is 2. The molecule has 1 atom stereocenters. The molecule has 2 amide bonds. The van der Waals surface area contributed by atoms with Crippen LogP contribution in [0.15, 0.2) is 30.3 Å². The van der Waals surface area contributed by atoms with E-state index < -0.39 is 35.7 Å². The second-order valence-electron chi connectivity index (χ2n) is 8.32. The number of hydrogen-bond donors (Lipinski definition) is 4. The van der Waals surface area contributed by atoms with Gasteiger partial charge in [0.25, 0.3) is 0 Å². The zero-order valence-electron chi connectivity index (χ0n) is 18.0. The van der Waals surface area contributed by atoms with Crippen LogP contribution in [0.3, 0.4) is 0 Å². The molecule has 0 aromatic heterocycles. The van der Waals surface area contributed by atoms with Crippen molar-refractivity contribution in [1.82, 2.24) is 20.4 Å². The Labute approximate surface area is 186 Å². The zero-order valence-corrected chi connectivity index (χ0v) is 18.0. The maximum Gasteiger partial charge on any atom is 0.326 e. The normalized spacial score (nSPS) is 19.7. The van der Waals surface area contributed by atoms with Crippen molar-refractivity contribution in [3.8, 4) is 0 Å². The third kappa shape index (κ3) is 5.63. The minimum atomic E-state index is -1.52. The molecule has 2 heterocycles. The fourth-order valence-electron chi connectivity index (χ4n) is 4.37. The van der Waals surface area contributed by atoms with E-state index in [0.717, 1.165) is 31.7 Å². The van der Waals surface area contributed by atoms with E-state index in [9.17, 15) is 24.3 Å². The van der Waals surface area contributed by atoms with Crippen molar-refractivity contribution >= 4 is 23.8 Å². The molecule has 4 N–H and O–H groups in total. The minimum absolute atomic E-state index is 0.0169. The van der Waals surface area contributed by atoms with Gasteiger partial charge in [0.05, 0.1) is 18.4 Å². The first kappa shape index (κ1) is 23.7. The van der Waals surface area contributed by atoms with Crippen LogP contribution in [0.25, 0.3) is 0 Å². The maximum absolute atomic E-state index is 13.3. The van der Waals surface area contributed by atoms with Gasteiger partial charge < -0.3 is 25.7 Å². The molecule has 0 unspecified atom stereocenters. The second-order valence-corrected chi connectivity index (χ2v) is 8.32. The van der Waals surface area contributed by atoms with Gasteiger partial charge in [-0.05, 0) is 18.4 Å². The van der Waals surface area contributed by atoms with Crippen LogP contribution >= 0.6 is 0 Å². The monoisotopic (exact) mass is 446 g/mol. The van der Waals surface area contributed by atoms with Crippen molar-refractivity contribution in [2.24, 2.45) is 0 Å². The number of likely N-dealkylation sites (tertiary alicyclic amines) is 1. The van der Waals surface area contributed by atoms with Crippen LogP contribution in [0.5, 0.6) is 0 Å². The SMILES string of the molecule is O=C(O)C[C@H](NC(=O)C1(c2ccccc2)CCN(C(=O)CN2CCNCC2)CC1)C(=O)O. The lowest BCUT2D eigenvalue weighted by Gasteiger charge is -2.42. The van der Waals surface area contributed by atoms with Crippen LogP contribution in [0.2, 0.25) is 0 Å². The smallest absolute Gasteiger partial charge is 0.326 e. The average molecular weight is 447 g/mol. The number of nitrogens with zero attached hydrogens (tertiary/aromatic N) is 2. The molecule has 0 bridgehead atoms. The number of piperidine rings is 1. The summed E-state index contributed by atoms with van der Waals surface area (Å²) in [5.41, 5.74) is -0.301. The van der Waals surface area contributed by atoms with E-state index in [-0.39, 0.29) is 5.91 Å². The molecule has 3 rings (SSSR count). The van der Waals surface area contributed by atoms with Crippen molar-refractivity contribution in [2.75, 3.05) is 45.8 Å². The van der Waals surface area contributed by atoms with E-state index >= 15 is 0 Å². The fraction of sp³-hybridized carbons (Fsp3) is 0.545. The Hall–Kier alpha value is -2.98. The van der Waals surface area contributed by atoms with Gasteiger partial charge in [-0.2, -0.15) is 0 Å². The van der Waals surface area contributed by atoms with Gasteiger partial charge in [0, 0.05) is 39.3 Å². The Morgan fingerprint density at radius 1 is 1.00 bits per heavy atom. The van der Waals surface area contributed by atoms with Crippen molar-refractivity contribution in [3.05, 3.63) is 35.9 Å². The van der Waals surface area contributed by atoms with Crippen molar-refractivity contribution in [1.29, 1.82) is 0 Å². The van der Waals surface area contributed by atoms with Crippen LogP contribution in [0.1, 0.15) is 24.8 Å². The fourth-order valence-corrected chi connectivity index (χ4v) is 4.37. The third-order valence-corrected chi connectivity index (χ3v) is 6.28. The summed E-state index contributed by atoms with van der Waals surface area (Å²) in [6, 6.07) is 7.53. The molecule has 0 radical (unpaired) electrons. The second kappa shape index (κ2) is 10.6. The lowest BCUT2D eigenvalue weighted by molar-refractivity contribution is -0.148. The van der Waals surface area contributed by atoms with Gasteiger partial charge in [-0.15, -0.1) is 0 Å². The highest BCUT2D eigenvalue weighted by atomic mass is 16.4. The van der Waals surface area contributed by atoms with Gasteiger partial charge in [-0.3, -0.25) is 19.3 Å². The van der Waals surface area contributed by atoms with Crippen molar-refractivity contribution < 1.29 is 29.4 Å². The summed E-state index contributed by atoms with van der Waals surface area (Å²) in [4.78, 5) is 52.5. The highest BCUT2D eigenvalue weighted by Crippen LogP contribution is 2.36. The van der Waals surface area contributed by atoms with Crippen LogP contribution in [-0.2, 0) is 24.6 Å². The highest BCUT2D eigenvalue weighted by molar-refractivity contribution is 5.93. The van der Waals surface area contributed by atoms with E-state index in [2.05, 4.69) is 15.5 Å². The largest absolute Gasteiger partial charge is 0.481 e. The van der Waals surface area contributed by atoms with E-state index in [1.165, 1.54) is 0 Å². The summed E-state index contributed by atoms with van der Waals surface area (Å²) in [7, 11) is 0. The van der Waals surface area contributed by atoms with Crippen molar-refractivity contribution in [2.45, 2.75) is 30.7 Å². The van der Waals surface area contributed by atoms with Gasteiger partial charge in [-0.1, -0.05) is 30.3 Å². The summed E-state index contributed by atoms with van der Waals surface area (Å²) >= 11 is 0. The predicted octanol–water partition coefficient (Wildman–Crippen LogP) is -0.504. The molecule has 1 aromatic rings. The Bertz CT molecular complexity index is 832. The Kier molecular flexibility index (Phi) is 7.81. The number of benzene rings is 1. The number of carboxylic acid groups (broad SMARTS) is 2. The molecule has 2 aliphatic heterocycles. The molecule has 0 aliphatic carbocycles. The van der Waals surface area contributed by atoms with Crippen LogP contribution in [0, 0.1) is 0 Å². The zero-order chi connectivity index (χ0) is 23.1. The van der Waals surface area contributed by atoms with E-state index in [0.29, 0.717) is 32.5 Å². The van der Waals surface area contributed by atoms with Crippen LogP contribution in [-0.4, -0.2) is 95.6 Å². The highest BCUT2D eigenvalue weighted by Gasteiger charge is 2.45. The van der Waals surface area contributed by atoms with E-state index in [1.807, 2.05) is 18.2 Å². The summed E-state index contributed by atoms with van der Waals surface area (Å²) < 4.78 is 0. The first-order valence-electron chi connectivity index (χ1n) is 10.8. The molecule has 0 spiro atoms. The molecular formula is C22H30N4O6. The average Bonchev–Trinajstić information content (AvgIpc) is 2.79. The lowest BCUT2D eigenvalue weighted by atomic mass is 9.71. The van der Waals surface area contributed by atoms with Crippen molar-refractivity contribution in [3.63, 3.8) is 0 Å². The third-order valence-electron chi connectivity index (χ3n) is 6.28. The van der Waals surface area contributed by atoms with Gasteiger partial charge in [0.15, 0.2) is 0 Å². The molecule has 2 fully saturated rings. The first-order chi connectivity index (χ1) is 15.3. The molecule has 10 nitrogen and oxygen atoms in total. The number of aliphatic carboxylic acids is 2. The van der Waals surface area contributed by atoms with Gasteiger partial charge in [-0.25, -0.2) is 4.79 Å². The molecule has 1 aromatic carbocycles. The number of carbonyl (C=O) groups excluding carboxylic acids is 2. The van der Waals surface area contributed by atoms with E-state index in [4.69, 9.17) is 5.11 Å². The Morgan fingerprint density at radius 3 is 2.19 bits per heavy atom. The minimum Gasteiger partial charge on any atom is -0.481 e. The number of piperazine rings is 1. The number of carbonyl (C=O) groups is 4. The summed E-state index contributed by atoms with van der Waals surface area (Å²) in [5, 5.41) is 24.0. The van der Waals surface area contributed by atoms with Gasteiger partial charge >= 0.3 is 11.9 Å². The van der Waals surface area contributed by atoms with Crippen LogP contribution in [0.4, 0.5) is 0 Å². The Morgan fingerprint density at radius 2 is 1.62 bits per heavy atom. The number of carboxylic acids is 2. The Balaban J connectivity index is 1.73. The standard InChI is InChI=1S/C22H30N4O6/c27-18(15-25-12-8-23-9-13-25)26-10-6-22(7-11-26,16-4-2-1-3-5-16)21(32)24-17(20(30)31)14-19(28)29/h1-5,17,23H,6-15H2,(H,24,32)(H,28,29)(H,30,31)/t17-/m0/s1. The summed E-state index contributed by atoms with van der Waals surface area (Å²) in [6.07, 6.45) is -0.0493. The summed E-state index contributed by atoms with van der Waals surface area (Å²) in [6.45, 7) is 4.41. The molecule has 0 saturated carbocycles. The summed E-state index contributed by atoms with van der Waals surface area (Å²) in [5.74, 6) is -3.21. The molecule has 10 heteroatoms. The predicted molar refractivity (Wildman–Crippen MR) is 115 cm³/mol. The van der Waals surface area contributed by atoms with Gasteiger partial charge in [0.1, 0.15) is 6.04 Å². The quantitative estimate of drug-likeness (QED) is 0.419. The number of nitrogens with one attached hydrogen (secondary N) is 2. The maximum atomic E-state index is 13.3. The first-order valence-corrected chi connectivity index (χ1v) is 10.8. The van der Waals surface area contributed by atoms with Gasteiger partial charge in [0.2, 0.25) is 11.8 Å². The molecular weight excluding hydrogens is 416 g/mol. The number of rotatable bonds is 8. The molecule has 2 aliphatic rings. The van der Waals surface area contributed by atoms with E-state index in [1.54, 1.807) is 17.0 Å². The number of hydrogen-bond acceptors (Lipinski definition) is 6. The van der Waals surface area contributed by atoms with Crippen LogP contribution < -0.4 is 10.6 Å². The molecule has 174 valence electrons. The molecule has 2 saturated heterocycles. The lowest BCUT2D eigenvalue weighted by Crippen LogP contribution is -2.57.